The number of H-pyrrole nitrogens is 1. The normalized spacial score (nSPS) is 15.5. The van der Waals surface area contributed by atoms with Gasteiger partial charge in [0.05, 0.1) is 10.0 Å². The van der Waals surface area contributed by atoms with Crippen molar-refractivity contribution in [2.24, 2.45) is 5.73 Å². The van der Waals surface area contributed by atoms with Crippen LogP contribution in [-0.4, -0.2) is 49.2 Å². The Morgan fingerprint density at radius 2 is 1.75 bits per heavy atom. The number of piperazine rings is 1. The lowest BCUT2D eigenvalue weighted by Crippen LogP contribution is -2.47. The number of halogens is 2. The molecule has 0 amide bonds. The van der Waals surface area contributed by atoms with Crippen LogP contribution in [-0.2, 0) is 12.8 Å². The largest absolute Gasteiger partial charge is 0.369 e. The number of nitrogens with one attached hydrogen (secondary N) is 1. The Bertz CT molecular complexity index is 945. The highest BCUT2D eigenvalue weighted by atomic mass is 35.5. The van der Waals surface area contributed by atoms with E-state index < -0.39 is 0 Å². The summed E-state index contributed by atoms with van der Waals surface area (Å²) in [7, 11) is 0. The van der Waals surface area contributed by atoms with Crippen LogP contribution in [0, 0.1) is 0 Å². The lowest BCUT2D eigenvalue weighted by Gasteiger charge is -2.36. The first-order chi connectivity index (χ1) is 13.6. The molecule has 3 aromatic rings. The van der Waals surface area contributed by atoms with Crippen LogP contribution in [0.15, 0.2) is 42.6 Å². The molecule has 1 aliphatic heterocycles. The number of nitrogens with zero attached hydrogens (tertiary/aromatic N) is 2. The van der Waals surface area contributed by atoms with Crippen molar-refractivity contribution >= 4 is 39.8 Å². The highest BCUT2D eigenvalue weighted by Crippen LogP contribution is 2.28. The van der Waals surface area contributed by atoms with Gasteiger partial charge in [0.2, 0.25) is 0 Å². The Morgan fingerprint density at radius 1 is 0.929 bits per heavy atom. The van der Waals surface area contributed by atoms with Crippen LogP contribution in [0.2, 0.25) is 10.0 Å². The fourth-order valence-corrected chi connectivity index (χ4v) is 4.23. The summed E-state index contributed by atoms with van der Waals surface area (Å²) in [5.74, 6) is 0. The zero-order valence-corrected chi connectivity index (χ0v) is 17.4. The van der Waals surface area contributed by atoms with E-state index in [9.17, 15) is 0 Å². The number of hydrogen-bond donors (Lipinski definition) is 2. The van der Waals surface area contributed by atoms with Crippen LogP contribution in [0.5, 0.6) is 0 Å². The van der Waals surface area contributed by atoms with Crippen LogP contribution in [0.25, 0.3) is 10.9 Å². The third-order valence-corrected chi connectivity index (χ3v) is 6.34. The van der Waals surface area contributed by atoms with E-state index in [1.54, 1.807) is 0 Å². The summed E-state index contributed by atoms with van der Waals surface area (Å²) >= 11 is 12.2. The Kier molecular flexibility index (Phi) is 6.12. The van der Waals surface area contributed by atoms with Crippen LogP contribution in [0.4, 0.5) is 5.69 Å². The van der Waals surface area contributed by atoms with Crippen LogP contribution in [0.3, 0.4) is 0 Å². The molecule has 4 nitrogen and oxygen atoms in total. The lowest BCUT2D eigenvalue weighted by molar-refractivity contribution is 0.261. The van der Waals surface area contributed by atoms with Crippen molar-refractivity contribution in [3.8, 4) is 0 Å². The zero-order chi connectivity index (χ0) is 19.5. The maximum Gasteiger partial charge on any atom is 0.0612 e. The van der Waals surface area contributed by atoms with Crippen molar-refractivity contribution in [2.45, 2.75) is 12.8 Å². The number of anilines is 1. The number of nitrogens with two attached hydrogens (primary N) is 1. The molecule has 1 aromatic heterocycles. The maximum absolute atomic E-state index is 6.17. The standard InChI is InChI=1S/C22H26Cl2N4/c23-20-3-2-18(14-21(20)24)28-11-9-27(10-12-28)8-6-16-1-4-22-19(13-16)17(5-7-25)15-26-22/h1-4,13-15,26H,5-12,25H2. The van der Waals surface area contributed by atoms with Gasteiger partial charge in [-0.05, 0) is 60.8 Å². The number of rotatable bonds is 6. The van der Waals surface area contributed by atoms with E-state index in [1.165, 1.54) is 22.0 Å². The molecule has 0 atom stereocenters. The molecular formula is C22H26Cl2N4. The van der Waals surface area contributed by atoms with E-state index in [0.29, 0.717) is 16.6 Å². The van der Waals surface area contributed by atoms with Gasteiger partial charge in [-0.2, -0.15) is 0 Å². The summed E-state index contributed by atoms with van der Waals surface area (Å²) in [4.78, 5) is 8.26. The predicted molar refractivity (Wildman–Crippen MR) is 120 cm³/mol. The van der Waals surface area contributed by atoms with Crippen molar-refractivity contribution < 1.29 is 0 Å². The highest BCUT2D eigenvalue weighted by Gasteiger charge is 2.17. The van der Waals surface area contributed by atoms with Gasteiger partial charge >= 0.3 is 0 Å². The molecule has 0 spiro atoms. The number of aromatic nitrogens is 1. The molecule has 148 valence electrons. The smallest absolute Gasteiger partial charge is 0.0612 e. The topological polar surface area (TPSA) is 48.3 Å². The molecule has 6 heteroatoms. The van der Waals surface area contributed by atoms with Crippen molar-refractivity contribution in [3.05, 3.63) is 63.8 Å². The van der Waals surface area contributed by atoms with E-state index in [2.05, 4.69) is 45.2 Å². The lowest BCUT2D eigenvalue weighted by atomic mass is 10.1. The Labute approximate surface area is 176 Å². The van der Waals surface area contributed by atoms with Crippen LogP contribution < -0.4 is 10.6 Å². The predicted octanol–water partition coefficient (Wildman–Crippen LogP) is 4.34. The average molecular weight is 417 g/mol. The first-order valence-corrected chi connectivity index (χ1v) is 10.6. The zero-order valence-electron chi connectivity index (χ0n) is 15.9. The molecule has 28 heavy (non-hydrogen) atoms. The highest BCUT2D eigenvalue weighted by molar-refractivity contribution is 6.42. The molecule has 1 saturated heterocycles. The minimum Gasteiger partial charge on any atom is -0.369 e. The molecule has 2 aromatic carbocycles. The van der Waals surface area contributed by atoms with Gasteiger partial charge in [0.1, 0.15) is 0 Å². The van der Waals surface area contributed by atoms with Gasteiger partial charge in [0, 0.05) is 55.5 Å². The summed E-state index contributed by atoms with van der Waals surface area (Å²) < 4.78 is 0. The minimum atomic E-state index is 0.609. The third kappa shape index (κ3) is 4.31. The van der Waals surface area contributed by atoms with Crippen LogP contribution >= 0.6 is 23.2 Å². The van der Waals surface area contributed by atoms with Gasteiger partial charge in [-0.3, -0.25) is 4.90 Å². The molecule has 0 unspecified atom stereocenters. The molecule has 0 saturated carbocycles. The Balaban J connectivity index is 1.33. The van der Waals surface area contributed by atoms with E-state index >= 15 is 0 Å². The second kappa shape index (κ2) is 8.75. The molecule has 2 heterocycles. The van der Waals surface area contributed by atoms with Gasteiger partial charge in [0.15, 0.2) is 0 Å². The quantitative estimate of drug-likeness (QED) is 0.627. The van der Waals surface area contributed by atoms with Crippen LogP contribution in [0.1, 0.15) is 11.1 Å². The molecule has 0 bridgehead atoms. The van der Waals surface area contributed by atoms with Crippen molar-refractivity contribution in [2.75, 3.05) is 44.2 Å². The summed E-state index contributed by atoms with van der Waals surface area (Å²) in [6.45, 7) is 5.90. The monoisotopic (exact) mass is 416 g/mol. The fourth-order valence-electron chi connectivity index (χ4n) is 3.94. The van der Waals surface area contributed by atoms with E-state index in [0.717, 1.165) is 51.3 Å². The molecule has 4 rings (SSSR count). The first kappa shape index (κ1) is 19.6. The first-order valence-electron chi connectivity index (χ1n) is 9.85. The molecule has 3 N–H and O–H groups in total. The maximum atomic E-state index is 6.17. The van der Waals surface area contributed by atoms with Crippen molar-refractivity contribution in [1.82, 2.24) is 9.88 Å². The molecular weight excluding hydrogens is 391 g/mol. The Morgan fingerprint density at radius 3 is 2.50 bits per heavy atom. The SMILES string of the molecule is NCCc1c[nH]c2ccc(CCN3CCN(c4ccc(Cl)c(Cl)c4)CC3)cc12. The molecule has 1 aliphatic rings. The summed E-state index contributed by atoms with van der Waals surface area (Å²) in [6.07, 6.45) is 4.07. The van der Waals surface area contributed by atoms with E-state index in [4.69, 9.17) is 28.9 Å². The number of aromatic amines is 1. The average Bonchev–Trinajstić information content (AvgIpc) is 3.11. The Hall–Kier alpha value is -1.72. The second-order valence-corrected chi connectivity index (χ2v) is 8.22. The minimum absolute atomic E-state index is 0.609. The number of hydrogen-bond acceptors (Lipinski definition) is 3. The number of fused-ring (bicyclic) bond motifs is 1. The molecule has 0 aliphatic carbocycles. The van der Waals surface area contributed by atoms with Gasteiger partial charge in [-0.1, -0.05) is 29.3 Å². The third-order valence-electron chi connectivity index (χ3n) is 5.60. The van der Waals surface area contributed by atoms with Crippen molar-refractivity contribution in [1.29, 1.82) is 0 Å². The fraction of sp³-hybridized carbons (Fsp3) is 0.364. The van der Waals surface area contributed by atoms with E-state index in [1.807, 2.05) is 12.1 Å². The summed E-state index contributed by atoms with van der Waals surface area (Å²) in [6, 6.07) is 12.6. The number of benzene rings is 2. The second-order valence-electron chi connectivity index (χ2n) is 7.41. The van der Waals surface area contributed by atoms with Gasteiger partial charge in [-0.15, -0.1) is 0 Å². The molecule has 0 radical (unpaired) electrons. The van der Waals surface area contributed by atoms with Gasteiger partial charge < -0.3 is 15.6 Å². The summed E-state index contributed by atoms with van der Waals surface area (Å²) in [5, 5.41) is 2.54. The summed E-state index contributed by atoms with van der Waals surface area (Å²) in [5.41, 5.74) is 10.8. The van der Waals surface area contributed by atoms with E-state index in [-0.39, 0.29) is 0 Å². The van der Waals surface area contributed by atoms with Gasteiger partial charge in [0.25, 0.3) is 0 Å². The van der Waals surface area contributed by atoms with Gasteiger partial charge in [-0.25, -0.2) is 0 Å². The van der Waals surface area contributed by atoms with Crippen molar-refractivity contribution in [3.63, 3.8) is 0 Å². The molecule has 1 fully saturated rings.